The summed E-state index contributed by atoms with van der Waals surface area (Å²) >= 11 is 0. The number of rotatable bonds is 8. The molecule has 0 saturated carbocycles. The van der Waals surface area contributed by atoms with Crippen molar-refractivity contribution in [1.29, 1.82) is 0 Å². The highest BCUT2D eigenvalue weighted by atomic mass is 16.8. The molecule has 0 aliphatic carbocycles. The van der Waals surface area contributed by atoms with E-state index in [2.05, 4.69) is 0 Å². The van der Waals surface area contributed by atoms with Crippen molar-refractivity contribution in [2.45, 2.75) is 76.2 Å². The molecule has 1 amide bonds. The summed E-state index contributed by atoms with van der Waals surface area (Å²) in [6.45, 7) is 4.87. The molecule has 3 saturated heterocycles. The molecular weight excluding hydrogens is 510 g/mol. The van der Waals surface area contributed by atoms with Gasteiger partial charge in [-0.05, 0) is 30.5 Å². The number of carbonyl (C=O) groups is 1. The highest BCUT2D eigenvalue weighted by molar-refractivity contribution is 5.69. The Morgan fingerprint density at radius 3 is 1.93 bits per heavy atom. The van der Waals surface area contributed by atoms with Crippen molar-refractivity contribution in [3.05, 3.63) is 108 Å². The maximum Gasteiger partial charge on any atom is 0.410 e. The van der Waals surface area contributed by atoms with E-state index in [4.69, 9.17) is 28.4 Å². The zero-order chi connectivity index (χ0) is 27.5. The highest BCUT2D eigenvalue weighted by Gasteiger charge is 2.63. The maximum absolute atomic E-state index is 13.6. The van der Waals surface area contributed by atoms with Gasteiger partial charge in [0, 0.05) is 0 Å². The molecule has 0 aromatic heterocycles. The van der Waals surface area contributed by atoms with Crippen molar-refractivity contribution in [3.63, 3.8) is 0 Å². The lowest BCUT2D eigenvalue weighted by Crippen LogP contribution is -2.65. The van der Waals surface area contributed by atoms with Crippen molar-refractivity contribution in [2.75, 3.05) is 6.54 Å². The first-order valence-corrected chi connectivity index (χ1v) is 13.8. The van der Waals surface area contributed by atoms with Gasteiger partial charge in [0.05, 0.1) is 25.8 Å². The Morgan fingerprint density at radius 1 is 0.775 bits per heavy atom. The molecule has 3 aliphatic heterocycles. The molecule has 0 radical (unpaired) electrons. The van der Waals surface area contributed by atoms with Gasteiger partial charge >= 0.3 is 6.09 Å². The number of benzene rings is 3. The molecule has 3 aliphatic rings. The lowest BCUT2D eigenvalue weighted by molar-refractivity contribution is -0.246. The van der Waals surface area contributed by atoms with E-state index in [0.717, 1.165) is 16.7 Å². The van der Waals surface area contributed by atoms with Crippen LogP contribution in [0.1, 0.15) is 30.5 Å². The number of hydrogen-bond donors (Lipinski definition) is 0. The molecule has 6 rings (SSSR count). The molecule has 210 valence electrons. The SMILES string of the molecule is CC1(C)OC2O[C@@H]3[C@H](OCc4ccccc4)[C@H](OCc4ccccc4)CN(C(=O)OCc4ccccc4)[C@H]3[C@H]2O1. The van der Waals surface area contributed by atoms with Crippen molar-refractivity contribution in [1.82, 2.24) is 4.90 Å². The van der Waals surface area contributed by atoms with Crippen LogP contribution in [0.3, 0.4) is 0 Å². The van der Waals surface area contributed by atoms with E-state index in [0.29, 0.717) is 13.2 Å². The first-order chi connectivity index (χ1) is 19.5. The number of fused-ring (bicyclic) bond motifs is 3. The molecule has 3 heterocycles. The van der Waals surface area contributed by atoms with Gasteiger partial charge < -0.3 is 28.4 Å². The zero-order valence-corrected chi connectivity index (χ0v) is 22.8. The van der Waals surface area contributed by atoms with E-state index in [9.17, 15) is 4.79 Å². The predicted molar refractivity (Wildman–Crippen MR) is 146 cm³/mol. The Morgan fingerprint density at radius 2 is 1.32 bits per heavy atom. The van der Waals surface area contributed by atoms with Crippen LogP contribution in [-0.4, -0.2) is 60.1 Å². The van der Waals surface area contributed by atoms with Crippen molar-refractivity contribution < 1.29 is 33.2 Å². The Kier molecular flexibility index (Phi) is 7.87. The molecule has 6 atom stereocenters. The van der Waals surface area contributed by atoms with Crippen LogP contribution in [0.25, 0.3) is 0 Å². The normalized spacial score (nSPS) is 28.6. The summed E-state index contributed by atoms with van der Waals surface area (Å²) in [5.74, 6) is -0.832. The van der Waals surface area contributed by atoms with Gasteiger partial charge in [-0.1, -0.05) is 91.0 Å². The Hall–Kier alpha value is -3.27. The third-order valence-corrected chi connectivity index (χ3v) is 7.51. The molecule has 0 spiro atoms. The molecule has 40 heavy (non-hydrogen) atoms. The molecule has 3 aromatic rings. The van der Waals surface area contributed by atoms with Gasteiger partial charge in [-0.3, -0.25) is 4.90 Å². The Balaban J connectivity index is 1.26. The summed E-state index contributed by atoms with van der Waals surface area (Å²) in [5.41, 5.74) is 2.98. The quantitative estimate of drug-likeness (QED) is 0.392. The summed E-state index contributed by atoms with van der Waals surface area (Å²) in [5, 5.41) is 0. The number of likely N-dealkylation sites (tertiary alicyclic amines) is 1. The first kappa shape index (κ1) is 26.9. The minimum absolute atomic E-state index is 0.162. The van der Waals surface area contributed by atoms with Gasteiger partial charge in [0.15, 0.2) is 12.1 Å². The predicted octanol–water partition coefficient (Wildman–Crippen LogP) is 5.05. The van der Waals surface area contributed by atoms with Crippen molar-refractivity contribution in [3.8, 4) is 0 Å². The van der Waals surface area contributed by atoms with Crippen LogP contribution < -0.4 is 0 Å². The highest BCUT2D eigenvalue weighted by Crippen LogP contribution is 2.44. The second-order valence-electron chi connectivity index (χ2n) is 10.8. The molecule has 0 bridgehead atoms. The minimum Gasteiger partial charge on any atom is -0.445 e. The summed E-state index contributed by atoms with van der Waals surface area (Å²) in [7, 11) is 0. The third kappa shape index (κ3) is 5.92. The number of carbonyl (C=O) groups excluding carboxylic acids is 1. The third-order valence-electron chi connectivity index (χ3n) is 7.51. The molecule has 8 nitrogen and oxygen atoms in total. The average Bonchev–Trinajstić information content (AvgIpc) is 3.47. The summed E-state index contributed by atoms with van der Waals surface area (Å²) < 4.78 is 37.6. The lowest BCUT2D eigenvalue weighted by Gasteiger charge is -2.45. The number of ether oxygens (including phenoxy) is 6. The first-order valence-electron chi connectivity index (χ1n) is 13.8. The summed E-state index contributed by atoms with van der Waals surface area (Å²) in [4.78, 5) is 15.3. The fourth-order valence-corrected chi connectivity index (χ4v) is 5.67. The fraction of sp³-hybridized carbons (Fsp3) is 0.406. The molecule has 3 fully saturated rings. The van der Waals surface area contributed by atoms with Crippen LogP contribution in [0.4, 0.5) is 4.79 Å². The van der Waals surface area contributed by atoms with Gasteiger partial charge in [-0.15, -0.1) is 0 Å². The van der Waals surface area contributed by atoms with Crippen LogP contribution in [0.5, 0.6) is 0 Å². The number of amides is 1. The van der Waals surface area contributed by atoms with Crippen LogP contribution in [0.2, 0.25) is 0 Å². The van der Waals surface area contributed by atoms with Crippen LogP contribution in [0.15, 0.2) is 91.0 Å². The molecular formula is C32H35NO7. The van der Waals surface area contributed by atoms with Crippen LogP contribution in [0, 0.1) is 0 Å². The maximum atomic E-state index is 13.6. The fourth-order valence-electron chi connectivity index (χ4n) is 5.67. The Labute approximate surface area is 234 Å². The molecule has 3 aromatic carbocycles. The minimum atomic E-state index is -0.832. The van der Waals surface area contributed by atoms with Gasteiger partial charge in [0.1, 0.15) is 31.0 Å². The zero-order valence-electron chi connectivity index (χ0n) is 22.8. The van der Waals surface area contributed by atoms with E-state index in [1.54, 1.807) is 4.90 Å². The smallest absolute Gasteiger partial charge is 0.410 e. The molecule has 0 N–H and O–H groups in total. The Bertz CT molecular complexity index is 1260. The largest absolute Gasteiger partial charge is 0.445 e. The van der Waals surface area contributed by atoms with E-state index in [1.165, 1.54) is 0 Å². The van der Waals surface area contributed by atoms with Gasteiger partial charge in [0.25, 0.3) is 0 Å². The van der Waals surface area contributed by atoms with E-state index >= 15 is 0 Å². The average molecular weight is 546 g/mol. The van der Waals surface area contributed by atoms with Gasteiger partial charge in [-0.2, -0.15) is 0 Å². The summed E-state index contributed by atoms with van der Waals surface area (Å²) in [6, 6.07) is 29.1. The topological polar surface area (TPSA) is 75.7 Å². The van der Waals surface area contributed by atoms with Crippen molar-refractivity contribution in [2.24, 2.45) is 0 Å². The van der Waals surface area contributed by atoms with Gasteiger partial charge in [-0.25, -0.2) is 4.79 Å². The number of hydrogen-bond acceptors (Lipinski definition) is 7. The summed E-state index contributed by atoms with van der Waals surface area (Å²) in [6.07, 6.45) is -3.04. The monoisotopic (exact) mass is 545 g/mol. The van der Waals surface area contributed by atoms with E-state index in [-0.39, 0.29) is 13.2 Å². The second kappa shape index (κ2) is 11.7. The van der Waals surface area contributed by atoms with E-state index < -0.39 is 48.6 Å². The number of nitrogens with zero attached hydrogens (tertiary/aromatic N) is 1. The van der Waals surface area contributed by atoms with E-state index in [1.807, 2.05) is 105 Å². The van der Waals surface area contributed by atoms with Crippen LogP contribution in [-0.2, 0) is 48.2 Å². The standard InChI is InChI=1S/C32H35NO7/c1-32(2)39-29-26-28(38-30(29)40-32)27(36-20-23-14-8-4-9-15-23)25(35-19-22-12-6-3-7-13-22)18-33(26)31(34)37-21-24-16-10-5-11-17-24/h3-17,25-30H,18-21H2,1-2H3/t25-,26-,27-,28+,29-,30?/m1/s1. The molecule has 1 unspecified atom stereocenters. The van der Waals surface area contributed by atoms with Crippen molar-refractivity contribution >= 4 is 6.09 Å². The lowest BCUT2D eigenvalue weighted by atomic mass is 9.92. The number of piperidine rings is 1. The van der Waals surface area contributed by atoms with Crippen LogP contribution >= 0.6 is 0 Å². The molecule has 8 heteroatoms. The van der Waals surface area contributed by atoms with Gasteiger partial charge in [0.2, 0.25) is 0 Å². The second-order valence-corrected chi connectivity index (χ2v) is 10.8.